The van der Waals surface area contributed by atoms with E-state index >= 15 is 0 Å². The molecule has 0 spiro atoms. The number of benzene rings is 4. The van der Waals surface area contributed by atoms with Crippen molar-refractivity contribution in [1.29, 1.82) is 0 Å². The zero-order valence-corrected chi connectivity index (χ0v) is 15.1. The second kappa shape index (κ2) is 6.51. The summed E-state index contributed by atoms with van der Waals surface area (Å²) in [6, 6.07) is 17.1. The van der Waals surface area contributed by atoms with Crippen molar-refractivity contribution in [1.82, 2.24) is 0 Å². The molecule has 6 heteroatoms. The number of aryl methyl sites for hydroxylation is 1. The highest BCUT2D eigenvalue weighted by molar-refractivity contribution is 6.14. The average Bonchev–Trinajstić information content (AvgIpc) is 2.67. The van der Waals surface area contributed by atoms with Crippen molar-refractivity contribution in [2.24, 2.45) is 0 Å². The van der Waals surface area contributed by atoms with Gasteiger partial charge in [0.25, 0.3) is 0 Å². The largest absolute Gasteiger partial charge is 0.458 e. The van der Waals surface area contributed by atoms with Gasteiger partial charge in [0, 0.05) is 0 Å². The molecule has 0 radical (unpaired) electrons. The van der Waals surface area contributed by atoms with Gasteiger partial charge in [-0.25, -0.2) is 4.39 Å². The third-order valence-electron chi connectivity index (χ3n) is 5.15. The molecule has 0 aliphatic heterocycles. The fraction of sp³-hybridized carbons (Fsp3) is 0.130. The molecule has 29 heavy (non-hydrogen) atoms. The standard InChI is InChI=1S/C23H14F6/c1-13-15-6-2-4-8-17(15)21(18-9-5-3-7-16(13)18)14-10-11-19(20(24)12-14)22(25,26)23(27,28)29/h2-12H,1H3. The van der Waals surface area contributed by atoms with Crippen molar-refractivity contribution in [3.8, 4) is 11.1 Å². The summed E-state index contributed by atoms with van der Waals surface area (Å²) in [4.78, 5) is 0. The Morgan fingerprint density at radius 2 is 1.14 bits per heavy atom. The quantitative estimate of drug-likeness (QED) is 0.237. The van der Waals surface area contributed by atoms with Gasteiger partial charge >= 0.3 is 12.1 Å². The summed E-state index contributed by atoms with van der Waals surface area (Å²) in [5.41, 5.74) is 0.134. The Kier molecular flexibility index (Phi) is 4.33. The molecular formula is C23H14F6. The van der Waals surface area contributed by atoms with E-state index in [2.05, 4.69) is 0 Å². The molecule has 0 bridgehead atoms. The van der Waals surface area contributed by atoms with Crippen LogP contribution < -0.4 is 0 Å². The van der Waals surface area contributed by atoms with Crippen LogP contribution in [0.1, 0.15) is 11.1 Å². The highest BCUT2D eigenvalue weighted by atomic mass is 19.4. The second-order valence-electron chi connectivity index (χ2n) is 6.86. The predicted octanol–water partition coefficient (Wildman–Crippen LogP) is 7.76. The first kappa shape index (κ1) is 19.3. The Hall–Kier alpha value is -3.02. The lowest BCUT2D eigenvalue weighted by atomic mass is 9.88. The predicted molar refractivity (Wildman–Crippen MR) is 102 cm³/mol. The Morgan fingerprint density at radius 1 is 0.655 bits per heavy atom. The van der Waals surface area contributed by atoms with Crippen molar-refractivity contribution >= 4 is 21.5 Å². The van der Waals surface area contributed by atoms with E-state index in [0.717, 1.165) is 39.2 Å². The van der Waals surface area contributed by atoms with Crippen LogP contribution in [0.2, 0.25) is 0 Å². The van der Waals surface area contributed by atoms with E-state index in [1.807, 2.05) is 43.3 Å². The molecule has 148 valence electrons. The Labute approximate surface area is 162 Å². The first-order valence-electron chi connectivity index (χ1n) is 8.78. The van der Waals surface area contributed by atoms with Gasteiger partial charge in [-0.05, 0) is 57.3 Å². The maximum Gasteiger partial charge on any atom is 0.458 e. The van der Waals surface area contributed by atoms with Gasteiger partial charge in [0.05, 0.1) is 5.56 Å². The molecule has 0 aliphatic carbocycles. The normalized spacial score (nSPS) is 12.7. The van der Waals surface area contributed by atoms with E-state index in [4.69, 9.17) is 0 Å². The SMILES string of the molecule is Cc1c2ccccc2c(-c2ccc(C(F)(F)C(F)(F)F)c(F)c2)c2ccccc12. The highest BCUT2D eigenvalue weighted by Crippen LogP contribution is 2.46. The molecule has 4 aromatic rings. The molecule has 0 unspecified atom stereocenters. The van der Waals surface area contributed by atoms with E-state index in [-0.39, 0.29) is 5.56 Å². The lowest BCUT2D eigenvalue weighted by molar-refractivity contribution is -0.290. The molecule has 4 aromatic carbocycles. The monoisotopic (exact) mass is 404 g/mol. The minimum Gasteiger partial charge on any atom is -0.206 e. The molecule has 0 aromatic heterocycles. The van der Waals surface area contributed by atoms with Gasteiger partial charge in [0.2, 0.25) is 0 Å². The molecule has 0 nitrogen and oxygen atoms in total. The summed E-state index contributed by atoms with van der Waals surface area (Å²) in [5.74, 6) is -6.87. The van der Waals surface area contributed by atoms with Crippen LogP contribution in [-0.4, -0.2) is 6.18 Å². The van der Waals surface area contributed by atoms with E-state index in [1.54, 1.807) is 12.1 Å². The van der Waals surface area contributed by atoms with Gasteiger partial charge < -0.3 is 0 Å². The molecule has 0 atom stereocenters. The number of hydrogen-bond donors (Lipinski definition) is 0. The zero-order chi connectivity index (χ0) is 21.0. The smallest absolute Gasteiger partial charge is 0.206 e. The maximum absolute atomic E-state index is 14.5. The van der Waals surface area contributed by atoms with Crippen LogP contribution in [-0.2, 0) is 5.92 Å². The molecule has 0 amide bonds. The first-order chi connectivity index (χ1) is 13.6. The van der Waals surface area contributed by atoms with Crippen LogP contribution in [0.3, 0.4) is 0 Å². The van der Waals surface area contributed by atoms with Gasteiger partial charge in [0.15, 0.2) is 0 Å². The topological polar surface area (TPSA) is 0 Å². The van der Waals surface area contributed by atoms with E-state index in [0.29, 0.717) is 11.6 Å². The number of rotatable bonds is 2. The summed E-state index contributed by atoms with van der Waals surface area (Å²) in [7, 11) is 0. The summed E-state index contributed by atoms with van der Waals surface area (Å²) in [6.45, 7) is 1.95. The van der Waals surface area contributed by atoms with Gasteiger partial charge in [-0.3, -0.25) is 0 Å². The lowest BCUT2D eigenvalue weighted by Gasteiger charge is -2.21. The van der Waals surface area contributed by atoms with Crippen molar-refractivity contribution in [2.45, 2.75) is 19.0 Å². The van der Waals surface area contributed by atoms with Gasteiger partial charge in [-0.2, -0.15) is 22.0 Å². The second-order valence-corrected chi connectivity index (χ2v) is 6.86. The molecule has 0 heterocycles. The van der Waals surface area contributed by atoms with E-state index in [1.165, 1.54) is 0 Å². The minimum atomic E-state index is -5.88. The van der Waals surface area contributed by atoms with Crippen molar-refractivity contribution in [2.75, 3.05) is 0 Å². The molecular weight excluding hydrogens is 390 g/mol. The van der Waals surface area contributed by atoms with Gasteiger partial charge in [0.1, 0.15) is 5.82 Å². The van der Waals surface area contributed by atoms with Crippen LogP contribution in [0.15, 0.2) is 66.7 Å². The first-order valence-corrected chi connectivity index (χ1v) is 8.78. The van der Waals surface area contributed by atoms with Crippen molar-refractivity contribution in [3.63, 3.8) is 0 Å². The van der Waals surface area contributed by atoms with Crippen LogP contribution in [0.4, 0.5) is 26.3 Å². The maximum atomic E-state index is 14.5. The molecule has 0 N–H and O–H groups in total. The minimum absolute atomic E-state index is 0.233. The number of alkyl halides is 5. The third-order valence-corrected chi connectivity index (χ3v) is 5.15. The third kappa shape index (κ3) is 2.94. The van der Waals surface area contributed by atoms with Crippen LogP contribution >= 0.6 is 0 Å². The van der Waals surface area contributed by atoms with Crippen LogP contribution in [0, 0.1) is 12.7 Å². The molecule has 0 aliphatic rings. The van der Waals surface area contributed by atoms with Gasteiger partial charge in [-0.1, -0.05) is 54.6 Å². The number of hydrogen-bond acceptors (Lipinski definition) is 0. The van der Waals surface area contributed by atoms with Crippen LogP contribution in [0.25, 0.3) is 32.7 Å². The highest BCUT2D eigenvalue weighted by Gasteiger charge is 2.59. The van der Waals surface area contributed by atoms with Crippen molar-refractivity contribution in [3.05, 3.63) is 83.7 Å². The lowest BCUT2D eigenvalue weighted by Crippen LogP contribution is -2.34. The molecule has 0 saturated carbocycles. The van der Waals surface area contributed by atoms with Gasteiger partial charge in [-0.15, -0.1) is 0 Å². The number of fused-ring (bicyclic) bond motifs is 2. The summed E-state index contributed by atoms with van der Waals surface area (Å²) in [6.07, 6.45) is -5.88. The Balaban J connectivity index is 2.03. The van der Waals surface area contributed by atoms with Crippen LogP contribution in [0.5, 0.6) is 0 Å². The fourth-order valence-corrected chi connectivity index (χ4v) is 3.74. The van der Waals surface area contributed by atoms with E-state index in [9.17, 15) is 26.3 Å². The summed E-state index contributed by atoms with van der Waals surface area (Å²) in [5, 5.41) is 3.31. The zero-order valence-electron chi connectivity index (χ0n) is 15.1. The molecule has 4 rings (SSSR count). The Morgan fingerprint density at radius 3 is 1.59 bits per heavy atom. The number of halogens is 6. The average molecular weight is 404 g/mol. The summed E-state index contributed by atoms with van der Waals surface area (Å²) < 4.78 is 79.8. The summed E-state index contributed by atoms with van der Waals surface area (Å²) >= 11 is 0. The molecule has 0 fully saturated rings. The van der Waals surface area contributed by atoms with Crippen molar-refractivity contribution < 1.29 is 26.3 Å². The fourth-order valence-electron chi connectivity index (χ4n) is 3.74. The Bertz CT molecular complexity index is 1180. The molecule has 0 saturated heterocycles. The van der Waals surface area contributed by atoms with E-state index < -0.39 is 23.5 Å².